The van der Waals surface area contributed by atoms with Crippen molar-refractivity contribution in [3.63, 3.8) is 0 Å². The fraction of sp³-hybridized carbons (Fsp3) is 1.00. The first-order valence-corrected chi connectivity index (χ1v) is 6.33. The Hall–Kier alpha value is 0.100. The number of nitrogens with one attached hydrogen (secondary N) is 1. The normalized spacial score (nSPS) is 32.2. The Bertz CT molecular complexity index is 196. The van der Waals surface area contributed by atoms with E-state index in [1.165, 1.54) is 6.42 Å². The van der Waals surface area contributed by atoms with E-state index in [-0.39, 0.29) is 17.5 Å². The topological polar surface area (TPSA) is 12.0 Å². The Balaban J connectivity index is 2.11. The second-order valence-electron chi connectivity index (χ2n) is 4.27. The molecule has 0 saturated heterocycles. The van der Waals surface area contributed by atoms with Gasteiger partial charge >= 0.3 is 5.51 Å². The number of alkyl halides is 3. The van der Waals surface area contributed by atoms with E-state index in [1.54, 1.807) is 0 Å². The van der Waals surface area contributed by atoms with E-state index in [2.05, 4.69) is 19.2 Å². The van der Waals surface area contributed by atoms with Crippen LogP contribution in [0, 0.1) is 11.8 Å². The molecule has 0 aromatic rings. The number of thioether (sulfide) groups is 1. The lowest BCUT2D eigenvalue weighted by Gasteiger charge is -2.19. The van der Waals surface area contributed by atoms with Crippen molar-refractivity contribution in [1.82, 2.24) is 5.32 Å². The SMILES string of the molecule is CC1CCC(NCCSC(F)(F)F)C1C. The number of rotatable bonds is 4. The van der Waals surface area contributed by atoms with Crippen LogP contribution in [-0.4, -0.2) is 23.8 Å². The summed E-state index contributed by atoms with van der Waals surface area (Å²) in [5.41, 5.74) is -4.09. The van der Waals surface area contributed by atoms with Crippen molar-refractivity contribution in [2.75, 3.05) is 12.3 Å². The summed E-state index contributed by atoms with van der Waals surface area (Å²) < 4.78 is 35.5. The molecule has 0 aromatic heterocycles. The Morgan fingerprint density at radius 3 is 2.40 bits per heavy atom. The highest BCUT2D eigenvalue weighted by Crippen LogP contribution is 2.32. The highest BCUT2D eigenvalue weighted by molar-refractivity contribution is 8.00. The summed E-state index contributed by atoms with van der Waals surface area (Å²) >= 11 is 0.0565. The van der Waals surface area contributed by atoms with Crippen molar-refractivity contribution in [3.05, 3.63) is 0 Å². The average molecular weight is 241 g/mol. The van der Waals surface area contributed by atoms with Gasteiger partial charge in [-0.15, -0.1) is 0 Å². The summed E-state index contributed by atoms with van der Waals surface area (Å²) in [7, 11) is 0. The third-order valence-electron chi connectivity index (χ3n) is 3.24. The monoisotopic (exact) mass is 241 g/mol. The predicted molar refractivity (Wildman–Crippen MR) is 57.9 cm³/mol. The van der Waals surface area contributed by atoms with Crippen LogP contribution in [0.5, 0.6) is 0 Å². The van der Waals surface area contributed by atoms with Crippen molar-refractivity contribution in [3.8, 4) is 0 Å². The third kappa shape index (κ3) is 4.64. The molecule has 3 unspecified atom stereocenters. The minimum absolute atomic E-state index is 0.0565. The molecular formula is C10H18F3NS. The third-order valence-corrected chi connectivity index (χ3v) is 3.98. The molecule has 0 aliphatic heterocycles. The highest BCUT2D eigenvalue weighted by Gasteiger charge is 2.30. The summed E-state index contributed by atoms with van der Waals surface area (Å²) in [6, 6.07) is 0.411. The van der Waals surface area contributed by atoms with Gasteiger partial charge in [0, 0.05) is 18.3 Å². The maximum atomic E-state index is 11.8. The van der Waals surface area contributed by atoms with E-state index in [9.17, 15) is 13.2 Å². The molecule has 5 heteroatoms. The molecule has 1 N–H and O–H groups in total. The van der Waals surface area contributed by atoms with Crippen molar-refractivity contribution < 1.29 is 13.2 Å². The zero-order valence-corrected chi connectivity index (χ0v) is 9.92. The molecule has 0 aromatic carbocycles. The van der Waals surface area contributed by atoms with Gasteiger partial charge in [0.05, 0.1) is 0 Å². The van der Waals surface area contributed by atoms with Gasteiger partial charge in [0.25, 0.3) is 0 Å². The summed E-state index contributed by atoms with van der Waals surface area (Å²) in [4.78, 5) is 0. The molecule has 1 aliphatic rings. The standard InChI is InChI=1S/C10H18F3NS/c1-7-3-4-9(8(7)2)14-5-6-15-10(11,12)13/h7-9,14H,3-6H2,1-2H3. The van der Waals surface area contributed by atoms with Gasteiger partial charge in [-0.05, 0) is 36.4 Å². The lowest BCUT2D eigenvalue weighted by atomic mass is 9.98. The Labute approximate surface area is 93.2 Å². The first kappa shape index (κ1) is 13.2. The van der Waals surface area contributed by atoms with Gasteiger partial charge < -0.3 is 5.32 Å². The second-order valence-corrected chi connectivity index (χ2v) is 5.43. The molecule has 1 saturated carbocycles. The van der Waals surface area contributed by atoms with Gasteiger partial charge in [0.15, 0.2) is 0 Å². The van der Waals surface area contributed by atoms with Gasteiger partial charge in [0.2, 0.25) is 0 Å². The van der Waals surface area contributed by atoms with Crippen molar-refractivity contribution in [2.45, 2.75) is 38.2 Å². The first-order chi connectivity index (χ1) is 6.90. The molecule has 0 radical (unpaired) electrons. The van der Waals surface area contributed by atoms with Gasteiger partial charge in [-0.25, -0.2) is 0 Å². The van der Waals surface area contributed by atoms with Crippen LogP contribution in [0.2, 0.25) is 0 Å². The molecule has 90 valence electrons. The van der Waals surface area contributed by atoms with E-state index in [0.29, 0.717) is 24.4 Å². The van der Waals surface area contributed by atoms with E-state index in [1.807, 2.05) is 0 Å². The van der Waals surface area contributed by atoms with Crippen molar-refractivity contribution in [2.24, 2.45) is 11.8 Å². The fourth-order valence-corrected chi connectivity index (χ4v) is 2.52. The maximum absolute atomic E-state index is 11.8. The van der Waals surface area contributed by atoms with Gasteiger partial charge in [-0.2, -0.15) is 13.2 Å². The minimum atomic E-state index is -4.09. The van der Waals surface area contributed by atoms with Crippen LogP contribution in [0.1, 0.15) is 26.7 Å². The van der Waals surface area contributed by atoms with Gasteiger partial charge in [-0.1, -0.05) is 13.8 Å². The van der Waals surface area contributed by atoms with Gasteiger partial charge in [-0.3, -0.25) is 0 Å². The highest BCUT2D eigenvalue weighted by atomic mass is 32.2. The molecule has 1 aliphatic carbocycles. The molecule has 1 rings (SSSR count). The van der Waals surface area contributed by atoms with E-state index < -0.39 is 5.51 Å². The smallest absolute Gasteiger partial charge is 0.313 e. The molecule has 0 amide bonds. The van der Waals surface area contributed by atoms with Crippen LogP contribution in [0.25, 0.3) is 0 Å². The van der Waals surface area contributed by atoms with Crippen molar-refractivity contribution in [1.29, 1.82) is 0 Å². The van der Waals surface area contributed by atoms with E-state index in [0.717, 1.165) is 6.42 Å². The zero-order valence-electron chi connectivity index (χ0n) is 9.10. The van der Waals surface area contributed by atoms with Crippen LogP contribution in [0.4, 0.5) is 13.2 Å². The molecule has 0 spiro atoms. The number of hydrogen-bond donors (Lipinski definition) is 1. The van der Waals surface area contributed by atoms with Gasteiger partial charge in [0.1, 0.15) is 0 Å². The van der Waals surface area contributed by atoms with Crippen LogP contribution in [0.3, 0.4) is 0 Å². The van der Waals surface area contributed by atoms with Crippen molar-refractivity contribution >= 4 is 11.8 Å². The van der Waals surface area contributed by atoms with E-state index in [4.69, 9.17) is 0 Å². The first-order valence-electron chi connectivity index (χ1n) is 5.34. The number of hydrogen-bond acceptors (Lipinski definition) is 2. The predicted octanol–water partition coefficient (Wildman–Crippen LogP) is 3.26. The maximum Gasteiger partial charge on any atom is 0.441 e. The van der Waals surface area contributed by atoms with Crippen LogP contribution in [-0.2, 0) is 0 Å². The van der Waals surface area contributed by atoms with E-state index >= 15 is 0 Å². The minimum Gasteiger partial charge on any atom is -0.313 e. The largest absolute Gasteiger partial charge is 0.441 e. The Morgan fingerprint density at radius 2 is 1.93 bits per heavy atom. The Morgan fingerprint density at radius 1 is 1.27 bits per heavy atom. The zero-order chi connectivity index (χ0) is 11.5. The quantitative estimate of drug-likeness (QED) is 0.758. The molecule has 0 bridgehead atoms. The Kier molecular flexibility index (Phi) is 4.77. The lowest BCUT2D eigenvalue weighted by Crippen LogP contribution is -2.34. The summed E-state index contributed by atoms with van der Waals surface area (Å²) in [5, 5.41) is 3.21. The summed E-state index contributed by atoms with van der Waals surface area (Å²) in [6.07, 6.45) is 2.28. The molecule has 1 nitrogen and oxygen atoms in total. The molecule has 0 heterocycles. The summed E-state index contributed by atoms with van der Waals surface area (Å²) in [6.45, 7) is 4.83. The second kappa shape index (κ2) is 5.43. The summed E-state index contributed by atoms with van der Waals surface area (Å²) in [5.74, 6) is 1.39. The average Bonchev–Trinajstić information content (AvgIpc) is 2.42. The number of halogens is 3. The molecular weight excluding hydrogens is 223 g/mol. The lowest BCUT2D eigenvalue weighted by molar-refractivity contribution is -0.0327. The fourth-order valence-electron chi connectivity index (χ4n) is 2.06. The van der Waals surface area contributed by atoms with Crippen LogP contribution < -0.4 is 5.32 Å². The van der Waals surface area contributed by atoms with Crippen LogP contribution >= 0.6 is 11.8 Å². The molecule has 15 heavy (non-hydrogen) atoms. The molecule has 3 atom stereocenters. The van der Waals surface area contributed by atoms with Crippen LogP contribution in [0.15, 0.2) is 0 Å². The molecule has 1 fully saturated rings.